The molecule has 4 bridgehead atoms. The van der Waals surface area contributed by atoms with E-state index in [1.165, 1.54) is 19.3 Å². The lowest BCUT2D eigenvalue weighted by Gasteiger charge is -2.58. The van der Waals surface area contributed by atoms with Gasteiger partial charge in [-0.25, -0.2) is 0 Å². The van der Waals surface area contributed by atoms with Crippen molar-refractivity contribution in [2.45, 2.75) is 63.7 Å². The van der Waals surface area contributed by atoms with Crippen LogP contribution < -0.4 is 5.73 Å². The topological polar surface area (TPSA) is 83.6 Å². The highest BCUT2D eigenvalue weighted by Gasteiger charge is 2.54. The Kier molecular flexibility index (Phi) is 3.72. The van der Waals surface area contributed by atoms with E-state index in [2.05, 4.69) is 0 Å². The molecule has 4 saturated carbocycles. The molecular formula is C15H26BNO3. The summed E-state index contributed by atoms with van der Waals surface area (Å²) in [5, 5.41) is 18.3. The van der Waals surface area contributed by atoms with Gasteiger partial charge in [0, 0.05) is 6.42 Å². The van der Waals surface area contributed by atoms with Gasteiger partial charge in [-0.05, 0) is 67.5 Å². The van der Waals surface area contributed by atoms with Crippen molar-refractivity contribution in [3.8, 4) is 0 Å². The lowest BCUT2D eigenvalue weighted by atomic mass is 9.47. The number of hydrogen-bond donors (Lipinski definition) is 3. The van der Waals surface area contributed by atoms with Crippen LogP contribution in [0.4, 0.5) is 0 Å². The van der Waals surface area contributed by atoms with Crippen LogP contribution in [0, 0.1) is 23.2 Å². The van der Waals surface area contributed by atoms with E-state index < -0.39 is 19.0 Å². The van der Waals surface area contributed by atoms with Gasteiger partial charge in [0.1, 0.15) is 5.78 Å². The van der Waals surface area contributed by atoms with Crippen molar-refractivity contribution in [2.75, 3.05) is 0 Å². The molecule has 0 aromatic carbocycles. The van der Waals surface area contributed by atoms with E-state index in [0.29, 0.717) is 0 Å². The fraction of sp³-hybridized carbons (Fsp3) is 0.933. The zero-order chi connectivity index (χ0) is 14.5. The molecule has 0 aliphatic heterocycles. The Hall–Kier alpha value is -0.385. The summed E-state index contributed by atoms with van der Waals surface area (Å²) in [5.41, 5.74) is 6.37. The predicted octanol–water partition coefficient (Wildman–Crippen LogP) is 1.35. The second-order valence-corrected chi connectivity index (χ2v) is 7.82. The van der Waals surface area contributed by atoms with Crippen LogP contribution in [0.25, 0.3) is 0 Å². The van der Waals surface area contributed by atoms with Crippen LogP contribution >= 0.6 is 0 Å². The average molecular weight is 279 g/mol. The van der Waals surface area contributed by atoms with Crippen molar-refractivity contribution in [2.24, 2.45) is 28.9 Å². The molecule has 0 aromatic heterocycles. The first-order chi connectivity index (χ1) is 9.39. The minimum Gasteiger partial charge on any atom is -0.427 e. The number of hydrogen-bond acceptors (Lipinski definition) is 4. The molecular weight excluding hydrogens is 253 g/mol. The fourth-order valence-electron chi connectivity index (χ4n) is 5.45. The van der Waals surface area contributed by atoms with Crippen LogP contribution in [0.2, 0.25) is 5.82 Å². The molecule has 112 valence electrons. The molecule has 0 amide bonds. The summed E-state index contributed by atoms with van der Waals surface area (Å²) >= 11 is 0. The highest BCUT2D eigenvalue weighted by Crippen LogP contribution is 2.61. The average Bonchev–Trinajstić information content (AvgIpc) is 2.35. The first-order valence-electron chi connectivity index (χ1n) is 8.04. The molecule has 2 atom stereocenters. The molecule has 4 fully saturated rings. The standard InChI is InChI=1S/C15H26BNO3/c1-9(16(19)20)2-13(18)14(17)15-6-10-3-11(7-15)5-12(4-10)8-15/h9-12,14,19-20H,2-8,17H2,1H3/t9-,10?,11?,12?,14-,15?/m1/s1. The van der Waals surface area contributed by atoms with Gasteiger partial charge in [-0.3, -0.25) is 4.79 Å². The summed E-state index contributed by atoms with van der Waals surface area (Å²) < 4.78 is 0. The molecule has 4 aliphatic carbocycles. The van der Waals surface area contributed by atoms with Crippen molar-refractivity contribution in [3.05, 3.63) is 0 Å². The lowest BCUT2D eigenvalue weighted by molar-refractivity contribution is -0.131. The molecule has 20 heavy (non-hydrogen) atoms. The Morgan fingerprint density at radius 2 is 1.65 bits per heavy atom. The molecule has 5 heteroatoms. The van der Waals surface area contributed by atoms with E-state index in [1.54, 1.807) is 6.92 Å². The molecule has 0 heterocycles. The van der Waals surface area contributed by atoms with Gasteiger partial charge in [0.15, 0.2) is 0 Å². The molecule has 4 nitrogen and oxygen atoms in total. The molecule has 4 aliphatic rings. The normalized spacial score (nSPS) is 41.5. The van der Waals surface area contributed by atoms with E-state index in [9.17, 15) is 4.79 Å². The van der Waals surface area contributed by atoms with Gasteiger partial charge in [-0.2, -0.15) is 0 Å². The van der Waals surface area contributed by atoms with Crippen LogP contribution in [0.5, 0.6) is 0 Å². The first kappa shape index (κ1) is 14.5. The molecule has 4 N–H and O–H groups in total. The summed E-state index contributed by atoms with van der Waals surface area (Å²) in [7, 11) is -1.43. The smallest absolute Gasteiger partial charge is 0.427 e. The predicted molar refractivity (Wildman–Crippen MR) is 77.8 cm³/mol. The zero-order valence-corrected chi connectivity index (χ0v) is 12.3. The quantitative estimate of drug-likeness (QED) is 0.663. The zero-order valence-electron chi connectivity index (χ0n) is 12.3. The van der Waals surface area contributed by atoms with Crippen molar-refractivity contribution in [3.63, 3.8) is 0 Å². The maximum atomic E-state index is 12.4. The molecule has 4 rings (SSSR count). The van der Waals surface area contributed by atoms with E-state index >= 15 is 0 Å². The summed E-state index contributed by atoms with van der Waals surface area (Å²) in [5.74, 6) is 1.93. The fourth-order valence-corrected chi connectivity index (χ4v) is 5.45. The highest BCUT2D eigenvalue weighted by atomic mass is 16.4. The van der Waals surface area contributed by atoms with E-state index in [0.717, 1.165) is 37.0 Å². The summed E-state index contributed by atoms with van der Waals surface area (Å²) in [4.78, 5) is 12.4. The van der Waals surface area contributed by atoms with Crippen molar-refractivity contribution in [1.82, 2.24) is 0 Å². The third kappa shape index (κ3) is 2.44. The third-order valence-corrected chi connectivity index (χ3v) is 6.12. The van der Waals surface area contributed by atoms with E-state index in [1.807, 2.05) is 0 Å². The van der Waals surface area contributed by atoms with Crippen molar-refractivity contribution >= 4 is 12.9 Å². The largest absolute Gasteiger partial charge is 0.454 e. The number of carbonyl (C=O) groups is 1. The molecule has 0 spiro atoms. The van der Waals surface area contributed by atoms with Gasteiger partial charge in [-0.1, -0.05) is 6.92 Å². The SMILES string of the molecule is C[C@H](CC(=O)[C@@H](N)C12CC3CC(CC(C3)C1)C2)B(O)O. The maximum absolute atomic E-state index is 12.4. The molecule has 0 saturated heterocycles. The number of rotatable bonds is 5. The highest BCUT2D eigenvalue weighted by molar-refractivity contribution is 6.43. The Morgan fingerprint density at radius 1 is 1.20 bits per heavy atom. The molecule has 0 unspecified atom stereocenters. The van der Waals surface area contributed by atoms with Gasteiger partial charge in [0.05, 0.1) is 6.04 Å². The number of Topliss-reactive ketones (excluding diaryl/α,β-unsaturated/α-hetero) is 1. The van der Waals surface area contributed by atoms with Gasteiger partial charge < -0.3 is 15.8 Å². The van der Waals surface area contributed by atoms with Gasteiger partial charge in [0.25, 0.3) is 0 Å². The van der Waals surface area contributed by atoms with Crippen molar-refractivity contribution < 1.29 is 14.8 Å². The molecule has 0 radical (unpaired) electrons. The van der Waals surface area contributed by atoms with E-state index in [4.69, 9.17) is 15.8 Å². The monoisotopic (exact) mass is 279 g/mol. The van der Waals surface area contributed by atoms with Crippen molar-refractivity contribution in [1.29, 1.82) is 0 Å². The Balaban J connectivity index is 1.70. The van der Waals surface area contributed by atoms with Crippen LogP contribution in [0.3, 0.4) is 0 Å². The first-order valence-corrected chi connectivity index (χ1v) is 8.04. The van der Waals surface area contributed by atoms with Gasteiger partial charge in [-0.15, -0.1) is 0 Å². The van der Waals surface area contributed by atoms with Crippen LogP contribution in [-0.4, -0.2) is 29.0 Å². The minimum absolute atomic E-state index is 0.0198. The molecule has 0 aromatic rings. The maximum Gasteiger partial charge on any atom is 0.454 e. The Morgan fingerprint density at radius 3 is 2.05 bits per heavy atom. The second kappa shape index (κ2) is 5.11. The van der Waals surface area contributed by atoms with Gasteiger partial charge in [0.2, 0.25) is 0 Å². The number of nitrogens with two attached hydrogens (primary N) is 1. The van der Waals surface area contributed by atoms with E-state index in [-0.39, 0.29) is 17.6 Å². The number of carbonyl (C=O) groups excluding carboxylic acids is 1. The summed E-state index contributed by atoms with van der Waals surface area (Å²) in [6.07, 6.45) is 7.54. The van der Waals surface area contributed by atoms with Crippen LogP contribution in [0.1, 0.15) is 51.9 Å². The summed E-state index contributed by atoms with van der Waals surface area (Å²) in [6, 6.07) is -0.405. The number of ketones is 1. The lowest BCUT2D eigenvalue weighted by Crippen LogP contribution is -2.57. The Bertz CT molecular complexity index is 363. The third-order valence-electron chi connectivity index (χ3n) is 6.12. The minimum atomic E-state index is -1.43. The summed E-state index contributed by atoms with van der Waals surface area (Å²) in [6.45, 7) is 1.69. The Labute approximate surface area is 121 Å². The second-order valence-electron chi connectivity index (χ2n) is 7.82. The van der Waals surface area contributed by atoms with Crippen LogP contribution in [0.15, 0.2) is 0 Å². The van der Waals surface area contributed by atoms with Gasteiger partial charge >= 0.3 is 7.12 Å². The van der Waals surface area contributed by atoms with Crippen LogP contribution in [-0.2, 0) is 4.79 Å².